The number of carbonyl (C=O) groups excluding carboxylic acids is 1. The molecule has 1 fully saturated rings. The van der Waals surface area contributed by atoms with Crippen LogP contribution in [0.3, 0.4) is 0 Å². The van der Waals surface area contributed by atoms with Crippen LogP contribution in [0.5, 0.6) is 11.5 Å². The van der Waals surface area contributed by atoms with E-state index in [1.54, 1.807) is 18.2 Å². The second-order valence-electron chi connectivity index (χ2n) is 8.99. The highest BCUT2D eigenvalue weighted by Gasteiger charge is 2.27. The van der Waals surface area contributed by atoms with E-state index < -0.39 is 12.1 Å². The number of ether oxygens (including phenoxy) is 2. The summed E-state index contributed by atoms with van der Waals surface area (Å²) >= 11 is 5.00. The van der Waals surface area contributed by atoms with Gasteiger partial charge in [-0.25, -0.2) is 14.8 Å². The highest BCUT2D eigenvalue weighted by Crippen LogP contribution is 2.42. The molecule has 1 aromatic carbocycles. The maximum absolute atomic E-state index is 12.4. The van der Waals surface area contributed by atoms with Crippen LogP contribution in [0.25, 0.3) is 11.2 Å². The molecular formula is C23H26BrN7O5S. The van der Waals surface area contributed by atoms with E-state index in [9.17, 15) is 9.59 Å². The molecule has 2 aromatic heterocycles. The van der Waals surface area contributed by atoms with Gasteiger partial charge in [-0.3, -0.25) is 10.2 Å². The van der Waals surface area contributed by atoms with Crippen molar-refractivity contribution in [2.75, 3.05) is 19.9 Å². The topological polar surface area (TPSA) is 158 Å². The number of aromatic nitrogens is 4. The van der Waals surface area contributed by atoms with Gasteiger partial charge in [0, 0.05) is 29.0 Å². The molecule has 2 aliphatic heterocycles. The van der Waals surface area contributed by atoms with E-state index >= 15 is 0 Å². The first-order chi connectivity index (χ1) is 17.8. The summed E-state index contributed by atoms with van der Waals surface area (Å²) in [5, 5.41) is 19.9. The number of aromatic amines is 1. The maximum Gasteiger partial charge on any atom is 0.405 e. The zero-order valence-electron chi connectivity index (χ0n) is 20.0. The van der Waals surface area contributed by atoms with Crippen LogP contribution in [-0.4, -0.2) is 67.5 Å². The predicted molar refractivity (Wildman–Crippen MR) is 137 cm³/mol. The molecule has 0 spiro atoms. The quantitative estimate of drug-likeness (QED) is 0.326. The minimum Gasteiger partial charge on any atom is -0.465 e. The highest BCUT2D eigenvalue weighted by molar-refractivity contribution is 9.10. The third-order valence-corrected chi connectivity index (χ3v) is 8.41. The van der Waals surface area contributed by atoms with Gasteiger partial charge in [0.05, 0.1) is 6.33 Å². The lowest BCUT2D eigenvalue weighted by Gasteiger charge is -2.33. The number of imidazole rings is 1. The van der Waals surface area contributed by atoms with Crippen LogP contribution in [0.15, 0.2) is 33.0 Å². The van der Waals surface area contributed by atoms with Gasteiger partial charge in [0.2, 0.25) is 12.7 Å². The van der Waals surface area contributed by atoms with Crippen molar-refractivity contribution < 1.29 is 24.2 Å². The molecule has 0 unspecified atom stereocenters. The summed E-state index contributed by atoms with van der Waals surface area (Å²) < 4.78 is 13.7. The first-order valence-corrected chi connectivity index (χ1v) is 13.4. The molecule has 12 nitrogen and oxygen atoms in total. The molecule has 14 heteroatoms. The Kier molecular flexibility index (Phi) is 7.29. The van der Waals surface area contributed by atoms with E-state index in [4.69, 9.17) is 25.0 Å². The number of likely N-dealkylation sites (tertiary alicyclic amines) is 1. The van der Waals surface area contributed by atoms with E-state index in [0.29, 0.717) is 53.4 Å². The fraction of sp³-hybridized carbons (Fsp3) is 0.435. The van der Waals surface area contributed by atoms with Crippen LogP contribution in [0.2, 0.25) is 0 Å². The molecule has 196 valence electrons. The summed E-state index contributed by atoms with van der Waals surface area (Å²) in [5.74, 6) is 1.60. The standard InChI is InChI=1S/C23H26BrN7O5S/c1-12(27-23(33)34)21(32)30-5-2-13(3-6-30)4-7-31-10-26-19(25)18-20(31)29-22(28-18)37-17-9-16-15(8-14(17)24)35-11-36-16/h8-10,12-13,25,27H,2-7,11H2,1H3,(H,28,29)(H,33,34)/t12-/m1/s1. The van der Waals surface area contributed by atoms with Crippen molar-refractivity contribution in [2.45, 2.75) is 48.8 Å². The Labute approximate surface area is 224 Å². The fourth-order valence-corrected chi connectivity index (χ4v) is 5.92. The Morgan fingerprint density at radius 3 is 2.78 bits per heavy atom. The zero-order valence-corrected chi connectivity index (χ0v) is 22.4. The molecule has 4 heterocycles. The molecule has 0 radical (unpaired) electrons. The lowest BCUT2D eigenvalue weighted by Crippen LogP contribution is -2.49. The number of fused-ring (bicyclic) bond motifs is 2. The summed E-state index contributed by atoms with van der Waals surface area (Å²) in [6.07, 6.45) is 3.02. The number of aryl methyl sites for hydroxylation is 1. The average Bonchev–Trinajstić information content (AvgIpc) is 3.50. The van der Waals surface area contributed by atoms with Crippen LogP contribution in [0.1, 0.15) is 26.2 Å². The number of H-pyrrole nitrogens is 1. The van der Waals surface area contributed by atoms with Gasteiger partial charge in [-0.1, -0.05) is 11.8 Å². The number of hydrogen-bond acceptors (Lipinski definition) is 8. The highest BCUT2D eigenvalue weighted by atomic mass is 79.9. The third kappa shape index (κ3) is 5.54. The summed E-state index contributed by atoms with van der Waals surface area (Å²) in [6.45, 7) is 3.65. The molecule has 1 atom stereocenters. The Morgan fingerprint density at radius 1 is 1.32 bits per heavy atom. The fourth-order valence-electron chi connectivity index (χ4n) is 4.54. The van der Waals surface area contributed by atoms with Gasteiger partial charge >= 0.3 is 6.09 Å². The van der Waals surface area contributed by atoms with Gasteiger partial charge in [-0.2, -0.15) is 0 Å². The summed E-state index contributed by atoms with van der Waals surface area (Å²) in [7, 11) is 0. The first-order valence-electron chi connectivity index (χ1n) is 11.8. The number of piperidine rings is 1. The SMILES string of the molecule is C[C@@H](NC(=O)O)C(=O)N1CCC(CCn2cnc(=N)c3[nH]c(Sc4cc5c(cc4Br)OCO5)nc32)CC1. The minimum atomic E-state index is -1.20. The van der Waals surface area contributed by atoms with Crippen LogP contribution >= 0.6 is 27.7 Å². The van der Waals surface area contributed by atoms with Crippen molar-refractivity contribution >= 4 is 50.9 Å². The normalized spacial score (nSPS) is 16.2. The molecule has 0 aliphatic carbocycles. The second kappa shape index (κ2) is 10.6. The summed E-state index contributed by atoms with van der Waals surface area (Å²) in [6, 6.07) is 3.01. The van der Waals surface area contributed by atoms with Crippen molar-refractivity contribution in [3.63, 3.8) is 0 Å². The van der Waals surface area contributed by atoms with Gasteiger partial charge in [0.1, 0.15) is 11.6 Å². The van der Waals surface area contributed by atoms with Gasteiger partial charge < -0.3 is 34.3 Å². The Balaban J connectivity index is 1.23. The lowest BCUT2D eigenvalue weighted by atomic mass is 9.93. The van der Waals surface area contributed by atoms with Gasteiger partial charge in [0.25, 0.3) is 0 Å². The molecule has 2 aliphatic rings. The molecule has 0 saturated carbocycles. The number of benzene rings is 1. The number of carboxylic acid groups (broad SMARTS) is 1. The van der Waals surface area contributed by atoms with E-state index in [2.05, 4.69) is 31.2 Å². The van der Waals surface area contributed by atoms with Crippen LogP contribution in [0.4, 0.5) is 4.79 Å². The number of hydrogen-bond donors (Lipinski definition) is 4. The van der Waals surface area contributed by atoms with Crippen molar-refractivity contribution in [2.24, 2.45) is 5.92 Å². The molecule has 4 N–H and O–H groups in total. The molecule has 5 rings (SSSR count). The van der Waals surface area contributed by atoms with Gasteiger partial charge in [-0.05, 0) is 60.2 Å². The molecule has 0 bridgehead atoms. The molecule has 1 saturated heterocycles. The average molecular weight is 592 g/mol. The number of rotatable bonds is 7. The van der Waals surface area contributed by atoms with Crippen molar-refractivity contribution in [3.05, 3.63) is 28.4 Å². The van der Waals surface area contributed by atoms with Crippen molar-refractivity contribution in [3.8, 4) is 11.5 Å². The number of nitrogens with zero attached hydrogens (tertiary/aromatic N) is 4. The third-order valence-electron chi connectivity index (χ3n) is 6.55. The Bertz CT molecular complexity index is 1400. The number of carbonyl (C=O) groups is 2. The Hall–Kier alpha value is -3.26. The van der Waals surface area contributed by atoms with Crippen molar-refractivity contribution in [1.82, 2.24) is 29.7 Å². The molecular weight excluding hydrogens is 566 g/mol. The summed E-state index contributed by atoms with van der Waals surface area (Å²) in [4.78, 5) is 38.1. The monoisotopic (exact) mass is 591 g/mol. The largest absolute Gasteiger partial charge is 0.465 e. The minimum absolute atomic E-state index is 0.131. The molecule has 3 aromatic rings. The Morgan fingerprint density at radius 2 is 2.05 bits per heavy atom. The number of halogens is 1. The number of nitrogens with one attached hydrogen (secondary N) is 3. The summed E-state index contributed by atoms with van der Waals surface area (Å²) in [5.41, 5.74) is 1.37. The zero-order chi connectivity index (χ0) is 26.1. The van der Waals surface area contributed by atoms with Crippen LogP contribution in [-0.2, 0) is 11.3 Å². The smallest absolute Gasteiger partial charge is 0.405 e. The predicted octanol–water partition coefficient (Wildman–Crippen LogP) is 3.17. The first kappa shape index (κ1) is 25.4. The van der Waals surface area contributed by atoms with E-state index in [0.717, 1.165) is 28.6 Å². The van der Waals surface area contributed by atoms with Gasteiger partial charge in [-0.15, -0.1) is 0 Å². The number of amides is 2. The second-order valence-corrected chi connectivity index (χ2v) is 10.9. The molecule has 2 amide bonds. The van der Waals surface area contributed by atoms with E-state index in [1.807, 2.05) is 16.7 Å². The lowest BCUT2D eigenvalue weighted by molar-refractivity contribution is -0.134. The van der Waals surface area contributed by atoms with Crippen molar-refractivity contribution in [1.29, 1.82) is 5.41 Å². The van der Waals surface area contributed by atoms with E-state index in [1.165, 1.54) is 11.8 Å². The van der Waals surface area contributed by atoms with Crippen LogP contribution < -0.4 is 20.3 Å². The van der Waals surface area contributed by atoms with E-state index in [-0.39, 0.29) is 18.2 Å². The van der Waals surface area contributed by atoms with Crippen LogP contribution in [0, 0.1) is 11.3 Å². The van der Waals surface area contributed by atoms with Gasteiger partial charge in [0.15, 0.2) is 27.8 Å². The molecule has 37 heavy (non-hydrogen) atoms. The maximum atomic E-state index is 12.4.